The lowest BCUT2D eigenvalue weighted by molar-refractivity contribution is 0.160. The number of hydrogen-bond acceptors (Lipinski definition) is 4. The molecule has 20 heavy (non-hydrogen) atoms. The normalized spacial score (nSPS) is 10.3. The van der Waals surface area contributed by atoms with Gasteiger partial charge in [0.2, 0.25) is 0 Å². The summed E-state index contributed by atoms with van der Waals surface area (Å²) in [4.78, 5) is 17.3. The minimum absolute atomic E-state index is 0.240. The van der Waals surface area contributed by atoms with E-state index in [1.807, 2.05) is 13.0 Å². The van der Waals surface area contributed by atoms with Crippen LogP contribution in [0.1, 0.15) is 13.8 Å². The number of hydrogen-bond donors (Lipinski definition) is 0. The summed E-state index contributed by atoms with van der Waals surface area (Å²) in [5, 5.41) is 4.42. The fraction of sp³-hybridized carbons (Fsp3) is 0.308. The number of halogens is 1. The van der Waals surface area contributed by atoms with Gasteiger partial charge in [-0.05, 0) is 26.0 Å². The maximum atomic E-state index is 11.9. The van der Waals surface area contributed by atoms with Gasteiger partial charge in [0.1, 0.15) is 5.69 Å². The van der Waals surface area contributed by atoms with E-state index in [1.165, 1.54) is 4.90 Å². The van der Waals surface area contributed by atoms with E-state index in [2.05, 4.69) is 10.1 Å². The fourth-order valence-electron chi connectivity index (χ4n) is 1.75. The second-order valence-corrected chi connectivity index (χ2v) is 4.26. The monoisotopic (exact) mass is 294 g/mol. The smallest absolute Gasteiger partial charge is 0.414 e. The van der Waals surface area contributed by atoms with Gasteiger partial charge < -0.3 is 4.74 Å². The van der Waals surface area contributed by atoms with E-state index in [1.54, 1.807) is 36.3 Å². The lowest BCUT2D eigenvalue weighted by atomic mass is 10.4. The van der Waals surface area contributed by atoms with Crippen LogP contribution in [-0.2, 0) is 4.74 Å². The van der Waals surface area contributed by atoms with Crippen LogP contribution in [0.4, 0.5) is 10.5 Å². The molecule has 0 saturated carbocycles. The van der Waals surface area contributed by atoms with Crippen LogP contribution >= 0.6 is 11.6 Å². The van der Waals surface area contributed by atoms with Crippen molar-refractivity contribution in [2.24, 2.45) is 0 Å². The summed E-state index contributed by atoms with van der Waals surface area (Å²) < 4.78 is 6.57. The molecule has 106 valence electrons. The van der Waals surface area contributed by atoms with E-state index < -0.39 is 6.09 Å². The molecular formula is C13H15ClN4O2. The molecule has 1 amide bonds. The number of rotatable bonds is 4. The Morgan fingerprint density at radius 3 is 2.90 bits per heavy atom. The first-order chi connectivity index (χ1) is 9.67. The van der Waals surface area contributed by atoms with Crippen LogP contribution < -0.4 is 4.90 Å². The highest BCUT2D eigenvalue weighted by Crippen LogP contribution is 2.26. The Balaban J connectivity index is 2.33. The van der Waals surface area contributed by atoms with E-state index in [0.29, 0.717) is 18.8 Å². The predicted octanol–water partition coefficient (Wildman–Crippen LogP) is 2.90. The first-order valence-corrected chi connectivity index (χ1v) is 6.65. The Morgan fingerprint density at radius 1 is 1.50 bits per heavy atom. The van der Waals surface area contributed by atoms with Crippen LogP contribution in [0.2, 0.25) is 5.15 Å². The molecule has 2 aromatic rings. The molecular weight excluding hydrogens is 280 g/mol. The molecule has 2 heterocycles. The molecule has 7 heteroatoms. The summed E-state index contributed by atoms with van der Waals surface area (Å²) in [6, 6.07) is 3.65. The number of anilines is 1. The first-order valence-electron chi connectivity index (χ1n) is 6.27. The molecule has 0 bridgehead atoms. The fourth-order valence-corrected chi connectivity index (χ4v) is 1.98. The zero-order valence-electron chi connectivity index (χ0n) is 11.3. The van der Waals surface area contributed by atoms with Gasteiger partial charge in [-0.1, -0.05) is 11.6 Å². The third kappa shape index (κ3) is 2.91. The molecule has 0 unspecified atom stereocenters. The number of ether oxygens (including phenoxy) is 1. The maximum Gasteiger partial charge on any atom is 0.414 e. The van der Waals surface area contributed by atoms with Crippen LogP contribution in [-0.4, -0.2) is 34.0 Å². The van der Waals surface area contributed by atoms with Crippen LogP contribution in [0, 0.1) is 0 Å². The SMILES string of the molecule is CCOC(=O)N(CC)c1cn(-c2cccnc2)nc1Cl. The Bertz CT molecular complexity index is 585. The molecule has 0 saturated heterocycles. The summed E-state index contributed by atoms with van der Waals surface area (Å²) in [7, 11) is 0. The van der Waals surface area contributed by atoms with Gasteiger partial charge in [0.05, 0.1) is 24.7 Å². The number of amides is 1. The minimum atomic E-state index is -0.442. The van der Waals surface area contributed by atoms with Gasteiger partial charge in [-0.3, -0.25) is 9.88 Å². The van der Waals surface area contributed by atoms with Crippen molar-refractivity contribution >= 4 is 23.4 Å². The largest absolute Gasteiger partial charge is 0.449 e. The van der Waals surface area contributed by atoms with Crippen molar-refractivity contribution in [3.63, 3.8) is 0 Å². The summed E-state index contributed by atoms with van der Waals surface area (Å²) >= 11 is 6.11. The first kappa shape index (κ1) is 14.3. The van der Waals surface area contributed by atoms with Crippen molar-refractivity contribution in [2.75, 3.05) is 18.1 Å². The number of aromatic nitrogens is 3. The summed E-state index contributed by atoms with van der Waals surface area (Å²) in [5.41, 5.74) is 1.28. The van der Waals surface area contributed by atoms with Crippen molar-refractivity contribution in [3.05, 3.63) is 35.9 Å². The maximum absolute atomic E-state index is 11.9. The average Bonchev–Trinajstić information content (AvgIpc) is 2.83. The zero-order chi connectivity index (χ0) is 14.5. The molecule has 0 aliphatic heterocycles. The molecule has 2 rings (SSSR count). The van der Waals surface area contributed by atoms with Crippen molar-refractivity contribution in [3.8, 4) is 5.69 Å². The third-order valence-corrected chi connectivity index (χ3v) is 2.93. The molecule has 0 aliphatic rings. The van der Waals surface area contributed by atoms with Crippen LogP contribution in [0.3, 0.4) is 0 Å². The molecule has 0 N–H and O–H groups in total. The van der Waals surface area contributed by atoms with Gasteiger partial charge in [0.25, 0.3) is 0 Å². The third-order valence-electron chi connectivity index (χ3n) is 2.66. The summed E-state index contributed by atoms with van der Waals surface area (Å²) in [6.07, 6.45) is 4.57. The number of carbonyl (C=O) groups is 1. The van der Waals surface area contributed by atoms with Crippen molar-refractivity contribution < 1.29 is 9.53 Å². The highest BCUT2D eigenvalue weighted by atomic mass is 35.5. The number of carbonyl (C=O) groups excluding carboxylic acids is 1. The molecule has 0 aliphatic carbocycles. The molecule has 0 fully saturated rings. The molecule has 6 nitrogen and oxygen atoms in total. The van der Waals surface area contributed by atoms with Crippen molar-refractivity contribution in [1.29, 1.82) is 0 Å². The van der Waals surface area contributed by atoms with Gasteiger partial charge in [-0.15, -0.1) is 0 Å². The predicted molar refractivity (Wildman–Crippen MR) is 76.4 cm³/mol. The standard InChI is InChI=1S/C13H15ClN4O2/c1-3-17(13(19)20-4-2)11-9-18(16-12(11)14)10-6-5-7-15-8-10/h5-9H,3-4H2,1-2H3. The van der Waals surface area contributed by atoms with Crippen molar-refractivity contribution in [2.45, 2.75) is 13.8 Å². The molecule has 2 aromatic heterocycles. The number of pyridine rings is 1. The topological polar surface area (TPSA) is 60.2 Å². The van der Waals surface area contributed by atoms with Crippen LogP contribution in [0.15, 0.2) is 30.7 Å². The lowest BCUT2D eigenvalue weighted by Crippen LogP contribution is -2.31. The van der Waals surface area contributed by atoms with Gasteiger partial charge in [-0.25, -0.2) is 9.48 Å². The molecule has 0 radical (unpaired) electrons. The van der Waals surface area contributed by atoms with E-state index in [9.17, 15) is 4.79 Å². The molecule has 0 atom stereocenters. The summed E-state index contributed by atoms with van der Waals surface area (Å²) in [6.45, 7) is 4.35. The van der Waals surface area contributed by atoms with Crippen LogP contribution in [0.5, 0.6) is 0 Å². The second-order valence-electron chi connectivity index (χ2n) is 3.90. The van der Waals surface area contributed by atoms with Gasteiger partial charge in [0.15, 0.2) is 5.15 Å². The van der Waals surface area contributed by atoms with Gasteiger partial charge in [-0.2, -0.15) is 5.10 Å². The Kier molecular flexibility index (Phi) is 4.57. The highest BCUT2D eigenvalue weighted by Gasteiger charge is 2.21. The molecule has 0 spiro atoms. The van der Waals surface area contributed by atoms with Gasteiger partial charge >= 0.3 is 6.09 Å². The lowest BCUT2D eigenvalue weighted by Gasteiger charge is -2.18. The Morgan fingerprint density at radius 2 is 2.30 bits per heavy atom. The minimum Gasteiger partial charge on any atom is -0.449 e. The van der Waals surface area contributed by atoms with E-state index in [4.69, 9.17) is 16.3 Å². The quantitative estimate of drug-likeness (QED) is 0.870. The molecule has 0 aromatic carbocycles. The van der Waals surface area contributed by atoms with E-state index >= 15 is 0 Å². The van der Waals surface area contributed by atoms with Gasteiger partial charge in [0, 0.05) is 12.7 Å². The Labute approximate surface area is 121 Å². The summed E-state index contributed by atoms with van der Waals surface area (Å²) in [5.74, 6) is 0. The second kappa shape index (κ2) is 6.38. The average molecular weight is 295 g/mol. The van der Waals surface area contributed by atoms with Crippen LogP contribution in [0.25, 0.3) is 5.69 Å². The van der Waals surface area contributed by atoms with Crippen molar-refractivity contribution in [1.82, 2.24) is 14.8 Å². The Hall–Kier alpha value is -2.08. The number of nitrogens with zero attached hydrogens (tertiary/aromatic N) is 4. The van der Waals surface area contributed by atoms with E-state index in [-0.39, 0.29) is 5.15 Å². The zero-order valence-corrected chi connectivity index (χ0v) is 12.0. The highest BCUT2D eigenvalue weighted by molar-refractivity contribution is 6.32. The van der Waals surface area contributed by atoms with E-state index in [0.717, 1.165) is 5.69 Å².